The molecule has 0 aromatic rings. The summed E-state index contributed by atoms with van der Waals surface area (Å²) in [4.78, 5) is 0. The van der Waals surface area contributed by atoms with Gasteiger partial charge >= 0.3 is 0 Å². The fourth-order valence-corrected chi connectivity index (χ4v) is 2.52. The first-order chi connectivity index (χ1) is 5.06. The van der Waals surface area contributed by atoms with E-state index in [0.29, 0.717) is 5.92 Å². The molecule has 0 aromatic carbocycles. The van der Waals surface area contributed by atoms with E-state index >= 15 is 0 Å². The van der Waals surface area contributed by atoms with Gasteiger partial charge in [0.05, 0.1) is 5.60 Å². The van der Waals surface area contributed by atoms with E-state index in [0.717, 1.165) is 6.42 Å². The second-order valence-electron chi connectivity index (χ2n) is 4.94. The lowest BCUT2D eigenvalue weighted by Gasteiger charge is -2.59. The average Bonchev–Trinajstić information content (AvgIpc) is 1.81. The van der Waals surface area contributed by atoms with Gasteiger partial charge in [0.15, 0.2) is 0 Å². The maximum atomic E-state index is 10.3. The Morgan fingerprint density at radius 2 is 1.82 bits per heavy atom. The summed E-state index contributed by atoms with van der Waals surface area (Å²) in [5.41, 5.74) is -0.0800. The van der Waals surface area contributed by atoms with E-state index < -0.39 is 0 Å². The van der Waals surface area contributed by atoms with Gasteiger partial charge in [-0.2, -0.15) is 0 Å². The number of aliphatic hydroxyl groups is 1. The molecule has 1 N–H and O–H groups in total. The zero-order valence-electron chi connectivity index (χ0n) is 7.56. The Kier molecular flexibility index (Phi) is 1.39. The Balaban J connectivity index is 2.09. The van der Waals surface area contributed by atoms with Crippen LogP contribution in [0.4, 0.5) is 0 Å². The monoisotopic (exact) mass is 154 g/mol. The third-order valence-corrected chi connectivity index (χ3v) is 4.08. The second-order valence-corrected chi connectivity index (χ2v) is 4.94. The molecule has 0 spiro atoms. The molecule has 0 bridgehead atoms. The Labute approximate surface area is 68.8 Å². The van der Waals surface area contributed by atoms with Crippen LogP contribution in [0.15, 0.2) is 0 Å². The molecule has 64 valence electrons. The van der Waals surface area contributed by atoms with Crippen molar-refractivity contribution in [1.29, 1.82) is 0 Å². The van der Waals surface area contributed by atoms with Crippen molar-refractivity contribution in [2.75, 3.05) is 0 Å². The standard InChI is InChI=1S/C10H18O/c1-9(2)6-7-10(9,11)8-4-3-5-8/h8,11H,3-7H2,1-2H3. The van der Waals surface area contributed by atoms with Crippen molar-refractivity contribution in [1.82, 2.24) is 0 Å². The Bertz CT molecular complexity index is 170. The predicted octanol–water partition coefficient (Wildman–Crippen LogP) is 2.34. The highest BCUT2D eigenvalue weighted by Crippen LogP contribution is 2.57. The molecule has 2 saturated carbocycles. The van der Waals surface area contributed by atoms with E-state index in [9.17, 15) is 5.11 Å². The fraction of sp³-hybridized carbons (Fsp3) is 1.00. The van der Waals surface area contributed by atoms with Gasteiger partial charge in [-0.3, -0.25) is 0 Å². The molecule has 1 atom stereocenters. The van der Waals surface area contributed by atoms with Gasteiger partial charge in [0.25, 0.3) is 0 Å². The van der Waals surface area contributed by atoms with Crippen molar-refractivity contribution in [3.05, 3.63) is 0 Å². The summed E-state index contributed by atoms with van der Waals surface area (Å²) in [5.74, 6) is 0.631. The van der Waals surface area contributed by atoms with Crippen LogP contribution in [-0.2, 0) is 0 Å². The lowest BCUT2D eigenvalue weighted by molar-refractivity contribution is -0.201. The lowest BCUT2D eigenvalue weighted by Crippen LogP contribution is -2.60. The number of hydrogen-bond acceptors (Lipinski definition) is 1. The van der Waals surface area contributed by atoms with Crippen LogP contribution in [-0.4, -0.2) is 10.7 Å². The molecule has 2 aliphatic rings. The van der Waals surface area contributed by atoms with Gasteiger partial charge in [-0.25, -0.2) is 0 Å². The maximum absolute atomic E-state index is 10.3. The smallest absolute Gasteiger partial charge is 0.0726 e. The van der Waals surface area contributed by atoms with Crippen molar-refractivity contribution in [3.8, 4) is 0 Å². The van der Waals surface area contributed by atoms with Crippen molar-refractivity contribution < 1.29 is 5.11 Å². The average molecular weight is 154 g/mol. The summed E-state index contributed by atoms with van der Waals surface area (Å²) in [6.45, 7) is 4.41. The zero-order valence-corrected chi connectivity index (χ0v) is 7.56. The highest BCUT2D eigenvalue weighted by Gasteiger charge is 2.57. The molecule has 1 nitrogen and oxygen atoms in total. The molecule has 0 aliphatic heterocycles. The van der Waals surface area contributed by atoms with E-state index in [-0.39, 0.29) is 11.0 Å². The topological polar surface area (TPSA) is 20.2 Å². The summed E-state index contributed by atoms with van der Waals surface area (Å²) in [5, 5.41) is 10.3. The van der Waals surface area contributed by atoms with Gasteiger partial charge in [-0.15, -0.1) is 0 Å². The molecule has 1 heteroatoms. The van der Waals surface area contributed by atoms with E-state index in [1.54, 1.807) is 0 Å². The quantitative estimate of drug-likeness (QED) is 0.614. The maximum Gasteiger partial charge on any atom is 0.0726 e. The van der Waals surface area contributed by atoms with Crippen LogP contribution in [0.1, 0.15) is 46.0 Å². The summed E-state index contributed by atoms with van der Waals surface area (Å²) < 4.78 is 0. The van der Waals surface area contributed by atoms with Crippen LogP contribution >= 0.6 is 0 Å². The van der Waals surface area contributed by atoms with E-state index in [4.69, 9.17) is 0 Å². The summed E-state index contributed by atoms with van der Waals surface area (Å²) in [6.07, 6.45) is 6.12. The third-order valence-electron chi connectivity index (χ3n) is 4.08. The van der Waals surface area contributed by atoms with Gasteiger partial charge in [-0.05, 0) is 37.0 Å². The molecular formula is C10H18O. The van der Waals surface area contributed by atoms with Gasteiger partial charge in [0.1, 0.15) is 0 Å². The van der Waals surface area contributed by atoms with Crippen molar-refractivity contribution in [3.63, 3.8) is 0 Å². The molecule has 0 saturated heterocycles. The molecule has 2 aliphatic carbocycles. The van der Waals surface area contributed by atoms with Gasteiger partial charge < -0.3 is 5.11 Å². The second kappa shape index (κ2) is 2.01. The molecule has 2 fully saturated rings. The van der Waals surface area contributed by atoms with Crippen LogP contribution in [0, 0.1) is 11.3 Å². The first-order valence-corrected chi connectivity index (χ1v) is 4.79. The summed E-state index contributed by atoms with van der Waals surface area (Å²) >= 11 is 0. The summed E-state index contributed by atoms with van der Waals surface area (Å²) in [6, 6.07) is 0. The van der Waals surface area contributed by atoms with E-state index in [1.165, 1.54) is 25.7 Å². The molecular weight excluding hydrogens is 136 g/mol. The van der Waals surface area contributed by atoms with Gasteiger partial charge in [0.2, 0.25) is 0 Å². The lowest BCUT2D eigenvalue weighted by atomic mass is 9.50. The highest BCUT2D eigenvalue weighted by atomic mass is 16.3. The number of hydrogen-bond donors (Lipinski definition) is 1. The minimum Gasteiger partial charge on any atom is -0.389 e. The first-order valence-electron chi connectivity index (χ1n) is 4.79. The molecule has 0 aromatic heterocycles. The van der Waals surface area contributed by atoms with Crippen molar-refractivity contribution >= 4 is 0 Å². The van der Waals surface area contributed by atoms with Crippen molar-refractivity contribution in [2.45, 2.75) is 51.6 Å². The van der Waals surface area contributed by atoms with Gasteiger partial charge in [-0.1, -0.05) is 20.3 Å². The van der Waals surface area contributed by atoms with Crippen LogP contribution in [0.3, 0.4) is 0 Å². The van der Waals surface area contributed by atoms with E-state index in [2.05, 4.69) is 13.8 Å². The van der Waals surface area contributed by atoms with Crippen LogP contribution < -0.4 is 0 Å². The molecule has 0 heterocycles. The third kappa shape index (κ3) is 0.807. The molecule has 0 amide bonds. The van der Waals surface area contributed by atoms with Gasteiger partial charge in [0, 0.05) is 0 Å². The Morgan fingerprint density at radius 3 is 1.91 bits per heavy atom. The predicted molar refractivity (Wildman–Crippen MR) is 45.3 cm³/mol. The largest absolute Gasteiger partial charge is 0.389 e. The van der Waals surface area contributed by atoms with Crippen LogP contribution in [0.25, 0.3) is 0 Å². The normalized spacial score (nSPS) is 42.8. The Hall–Kier alpha value is -0.0400. The van der Waals surface area contributed by atoms with Crippen molar-refractivity contribution in [2.24, 2.45) is 11.3 Å². The number of rotatable bonds is 1. The summed E-state index contributed by atoms with van der Waals surface area (Å²) in [7, 11) is 0. The first kappa shape index (κ1) is 7.60. The van der Waals surface area contributed by atoms with E-state index in [1.807, 2.05) is 0 Å². The van der Waals surface area contributed by atoms with Crippen LogP contribution in [0.5, 0.6) is 0 Å². The minimum absolute atomic E-state index is 0.206. The Morgan fingerprint density at radius 1 is 1.18 bits per heavy atom. The van der Waals surface area contributed by atoms with Crippen LogP contribution in [0.2, 0.25) is 0 Å². The fourth-order valence-electron chi connectivity index (χ4n) is 2.52. The molecule has 11 heavy (non-hydrogen) atoms. The minimum atomic E-state index is -0.286. The highest BCUT2D eigenvalue weighted by molar-refractivity contribution is 5.08. The molecule has 0 radical (unpaired) electrons. The molecule has 1 unspecified atom stereocenters. The zero-order chi connectivity index (χ0) is 8.11. The molecule has 2 rings (SSSR count). The SMILES string of the molecule is CC1(C)CCC1(O)C1CCC1.